The first-order chi connectivity index (χ1) is 17.9. The van der Waals surface area contributed by atoms with Crippen LogP contribution in [0.4, 0.5) is 13.2 Å². The summed E-state index contributed by atoms with van der Waals surface area (Å²) in [6.45, 7) is 10.3. The summed E-state index contributed by atoms with van der Waals surface area (Å²) in [5.74, 6) is -2.46. The second kappa shape index (κ2) is 13.6. The van der Waals surface area contributed by atoms with Crippen LogP contribution in [-0.2, 0) is 11.3 Å². The van der Waals surface area contributed by atoms with Gasteiger partial charge in [-0.2, -0.15) is 13.2 Å². The van der Waals surface area contributed by atoms with E-state index in [0.717, 1.165) is 48.1 Å². The largest absolute Gasteiger partial charge is 0.494 e. The number of pyridine rings is 1. The van der Waals surface area contributed by atoms with Gasteiger partial charge in [0.2, 0.25) is 0 Å². The Morgan fingerprint density at radius 3 is 2.24 bits per heavy atom. The number of aromatic nitrogens is 1. The van der Waals surface area contributed by atoms with Crippen LogP contribution in [0.2, 0.25) is 0 Å². The number of methoxy groups -OCH3 is 1. The molecule has 2 heterocycles. The lowest BCUT2D eigenvalue weighted by Crippen LogP contribution is -2.36. The zero-order valence-corrected chi connectivity index (χ0v) is 23.0. The zero-order chi connectivity index (χ0) is 28.6. The van der Waals surface area contributed by atoms with E-state index < -0.39 is 12.1 Å². The van der Waals surface area contributed by atoms with Crippen molar-refractivity contribution in [1.29, 1.82) is 0 Å². The van der Waals surface area contributed by atoms with Crippen LogP contribution in [0.25, 0.3) is 21.0 Å². The number of amides is 1. The standard InChI is InChI=1S/C24H33N3O3S.C2HF3O2/c1-6-9-14-27-18-13-11-10-12-17(18)21-19(23(27)28)20(30-5)22(31-21)24(29)25(4)15-16-26(7-2)8-3;3-2(4,5)1(6)7/h10-13H,6-9,14-16H2,1-5H3;(H,6,7). The first-order valence-electron chi connectivity index (χ1n) is 12.3. The number of aliphatic carboxylic acids is 1. The second-order valence-electron chi connectivity index (χ2n) is 8.55. The molecular formula is C26H34F3N3O5S. The maximum atomic E-state index is 13.5. The van der Waals surface area contributed by atoms with Crippen molar-refractivity contribution in [2.45, 2.75) is 46.3 Å². The number of alkyl halides is 3. The van der Waals surface area contributed by atoms with Crippen molar-refractivity contribution >= 4 is 44.2 Å². The molecular weight excluding hydrogens is 523 g/mol. The average Bonchev–Trinajstić information content (AvgIpc) is 3.28. The van der Waals surface area contributed by atoms with Gasteiger partial charge >= 0.3 is 12.1 Å². The van der Waals surface area contributed by atoms with Crippen molar-refractivity contribution in [1.82, 2.24) is 14.4 Å². The highest BCUT2D eigenvalue weighted by atomic mass is 32.1. The summed E-state index contributed by atoms with van der Waals surface area (Å²) in [6.07, 6.45) is -3.16. The van der Waals surface area contributed by atoms with Crippen LogP contribution in [0, 0.1) is 0 Å². The Bertz CT molecular complexity index is 1320. The zero-order valence-electron chi connectivity index (χ0n) is 22.2. The Balaban J connectivity index is 0.000000638. The normalized spacial score (nSPS) is 11.5. The van der Waals surface area contributed by atoms with E-state index in [9.17, 15) is 22.8 Å². The summed E-state index contributed by atoms with van der Waals surface area (Å²) >= 11 is 1.36. The monoisotopic (exact) mass is 557 g/mol. The van der Waals surface area contributed by atoms with E-state index in [0.29, 0.717) is 29.1 Å². The van der Waals surface area contributed by atoms with E-state index in [4.69, 9.17) is 14.6 Å². The van der Waals surface area contributed by atoms with Crippen LogP contribution in [0.15, 0.2) is 29.1 Å². The highest BCUT2D eigenvalue weighted by Crippen LogP contribution is 2.40. The van der Waals surface area contributed by atoms with E-state index in [1.165, 1.54) is 11.3 Å². The number of thiophene rings is 1. The minimum atomic E-state index is -5.08. The van der Waals surface area contributed by atoms with Crippen LogP contribution in [0.5, 0.6) is 5.75 Å². The molecule has 0 aliphatic rings. The number of carboxylic acid groups (broad SMARTS) is 1. The number of hydrogen-bond acceptors (Lipinski definition) is 6. The molecule has 3 rings (SSSR count). The lowest BCUT2D eigenvalue weighted by Gasteiger charge is -2.23. The number of benzene rings is 1. The Labute approximate surface area is 223 Å². The maximum absolute atomic E-state index is 13.5. The van der Waals surface area contributed by atoms with Crippen molar-refractivity contribution in [3.8, 4) is 5.75 Å². The van der Waals surface area contributed by atoms with Gasteiger partial charge in [0.05, 0.1) is 17.3 Å². The number of halogens is 3. The van der Waals surface area contributed by atoms with Crippen LogP contribution >= 0.6 is 11.3 Å². The first-order valence-corrected chi connectivity index (χ1v) is 13.1. The molecule has 1 N–H and O–H groups in total. The van der Waals surface area contributed by atoms with Gasteiger partial charge in [-0.05, 0) is 25.6 Å². The molecule has 0 spiro atoms. The fourth-order valence-electron chi connectivity index (χ4n) is 3.93. The molecule has 210 valence electrons. The van der Waals surface area contributed by atoms with Gasteiger partial charge in [0.1, 0.15) is 10.3 Å². The third-order valence-corrected chi connectivity index (χ3v) is 7.32. The predicted octanol–water partition coefficient (Wildman–Crippen LogP) is 5.07. The number of carbonyl (C=O) groups is 2. The Morgan fingerprint density at radius 2 is 1.71 bits per heavy atom. The number of aryl methyl sites for hydroxylation is 1. The van der Waals surface area contributed by atoms with Crippen LogP contribution < -0.4 is 10.3 Å². The molecule has 0 saturated heterocycles. The molecule has 12 heteroatoms. The number of para-hydroxylation sites is 1. The molecule has 0 fully saturated rings. The van der Waals surface area contributed by atoms with Crippen LogP contribution in [0.1, 0.15) is 43.3 Å². The summed E-state index contributed by atoms with van der Waals surface area (Å²) in [7, 11) is 3.35. The molecule has 0 bridgehead atoms. The minimum absolute atomic E-state index is 0.0832. The summed E-state index contributed by atoms with van der Waals surface area (Å²) in [4.78, 5) is 40.2. The van der Waals surface area contributed by atoms with E-state index in [1.54, 1.807) is 12.0 Å². The highest BCUT2D eigenvalue weighted by Gasteiger charge is 2.38. The molecule has 0 atom stereocenters. The van der Waals surface area contributed by atoms with Crippen molar-refractivity contribution < 1.29 is 32.6 Å². The van der Waals surface area contributed by atoms with Crippen molar-refractivity contribution in [3.05, 3.63) is 39.5 Å². The van der Waals surface area contributed by atoms with Gasteiger partial charge in [0, 0.05) is 32.1 Å². The van der Waals surface area contributed by atoms with Crippen LogP contribution in [-0.4, -0.2) is 77.9 Å². The number of likely N-dealkylation sites (N-methyl/N-ethyl adjacent to an activating group) is 2. The van der Waals surface area contributed by atoms with E-state index >= 15 is 0 Å². The second-order valence-corrected chi connectivity index (χ2v) is 9.57. The quantitative estimate of drug-likeness (QED) is 0.374. The lowest BCUT2D eigenvalue weighted by atomic mass is 10.1. The first kappa shape index (κ1) is 31.1. The smallest absolute Gasteiger partial charge is 0.490 e. The fourth-order valence-corrected chi connectivity index (χ4v) is 5.22. The van der Waals surface area contributed by atoms with Crippen LogP contribution in [0.3, 0.4) is 0 Å². The SMILES string of the molecule is CCCCn1c(=O)c2c(OC)c(C(=O)N(C)CCN(CC)CC)sc2c2ccccc21.O=C(O)C(F)(F)F. The van der Waals surface area contributed by atoms with Gasteiger partial charge in [0.15, 0.2) is 5.75 Å². The summed E-state index contributed by atoms with van der Waals surface area (Å²) in [6, 6.07) is 7.93. The van der Waals surface area contributed by atoms with E-state index in [2.05, 4.69) is 25.7 Å². The van der Waals surface area contributed by atoms with Gasteiger partial charge in [-0.15, -0.1) is 11.3 Å². The summed E-state index contributed by atoms with van der Waals surface area (Å²) in [5.41, 5.74) is 0.825. The van der Waals surface area contributed by atoms with Gasteiger partial charge in [0.25, 0.3) is 11.5 Å². The van der Waals surface area contributed by atoms with Crippen molar-refractivity contribution in [3.63, 3.8) is 0 Å². The number of carboxylic acids is 1. The molecule has 1 amide bonds. The van der Waals surface area contributed by atoms with Crippen molar-refractivity contribution in [2.24, 2.45) is 0 Å². The third kappa shape index (κ3) is 7.04. The van der Waals surface area contributed by atoms with Crippen molar-refractivity contribution in [2.75, 3.05) is 40.3 Å². The number of unbranched alkanes of at least 4 members (excludes halogenated alkanes) is 1. The molecule has 0 aliphatic carbocycles. The minimum Gasteiger partial charge on any atom is -0.494 e. The Morgan fingerprint density at radius 1 is 1.11 bits per heavy atom. The molecule has 0 aliphatic heterocycles. The molecule has 8 nitrogen and oxygen atoms in total. The summed E-state index contributed by atoms with van der Waals surface area (Å²) < 4.78 is 40.1. The molecule has 38 heavy (non-hydrogen) atoms. The number of hydrogen-bond donors (Lipinski definition) is 1. The molecule has 2 aromatic heterocycles. The van der Waals surface area contributed by atoms with Gasteiger partial charge in [-0.25, -0.2) is 4.79 Å². The molecule has 0 radical (unpaired) electrons. The maximum Gasteiger partial charge on any atom is 0.490 e. The van der Waals surface area contributed by atoms with E-state index in [1.807, 2.05) is 35.9 Å². The summed E-state index contributed by atoms with van der Waals surface area (Å²) in [5, 5.41) is 8.63. The van der Waals surface area contributed by atoms with E-state index in [-0.39, 0.29) is 11.5 Å². The average molecular weight is 558 g/mol. The number of carbonyl (C=O) groups excluding carboxylic acids is 1. The fraction of sp³-hybridized carbons (Fsp3) is 0.500. The molecule has 3 aromatic rings. The Kier molecular flexibility index (Phi) is 11.1. The number of ether oxygens (including phenoxy) is 1. The number of fused-ring (bicyclic) bond motifs is 3. The number of rotatable bonds is 10. The number of nitrogens with zero attached hydrogens (tertiary/aromatic N) is 3. The van der Waals surface area contributed by atoms with Gasteiger partial charge in [-0.1, -0.05) is 45.4 Å². The molecule has 1 aromatic carbocycles. The molecule has 0 unspecified atom stereocenters. The lowest BCUT2D eigenvalue weighted by molar-refractivity contribution is -0.192. The van der Waals surface area contributed by atoms with Gasteiger partial charge in [-0.3, -0.25) is 9.59 Å². The van der Waals surface area contributed by atoms with Gasteiger partial charge < -0.3 is 24.2 Å². The molecule has 0 saturated carbocycles. The third-order valence-electron chi connectivity index (χ3n) is 6.13. The highest BCUT2D eigenvalue weighted by molar-refractivity contribution is 7.22. The topological polar surface area (TPSA) is 92.1 Å². The predicted molar refractivity (Wildman–Crippen MR) is 143 cm³/mol. The Hall–Kier alpha value is -3.12.